The van der Waals surface area contributed by atoms with Crippen molar-refractivity contribution < 1.29 is 4.79 Å². The molecule has 0 atom stereocenters. The van der Waals surface area contributed by atoms with Crippen molar-refractivity contribution in [1.29, 1.82) is 0 Å². The average molecular weight is 307 g/mol. The fourth-order valence-corrected chi connectivity index (χ4v) is 2.43. The Morgan fingerprint density at radius 3 is 2.52 bits per heavy atom. The van der Waals surface area contributed by atoms with Crippen LogP contribution in [0.25, 0.3) is 10.9 Å². The van der Waals surface area contributed by atoms with Crippen molar-refractivity contribution >= 4 is 22.5 Å². The normalized spacial score (nSPS) is 10.4. The number of rotatable bonds is 5. The first-order valence-corrected chi connectivity index (χ1v) is 7.43. The molecule has 0 radical (unpaired) electrons. The van der Waals surface area contributed by atoms with Crippen LogP contribution in [0.15, 0.2) is 65.5 Å². The largest absolute Gasteiger partial charge is 0.383 e. The monoisotopic (exact) mass is 307 g/mol. The Kier molecular flexibility index (Phi) is 4.38. The van der Waals surface area contributed by atoms with Crippen LogP contribution in [0.3, 0.4) is 0 Å². The third-order valence-electron chi connectivity index (χ3n) is 3.51. The Balaban J connectivity index is 1.66. The zero-order valence-electron chi connectivity index (χ0n) is 12.5. The van der Waals surface area contributed by atoms with Gasteiger partial charge in [0.2, 0.25) is 5.56 Å². The molecule has 3 N–H and O–H groups in total. The molecule has 3 aromatic rings. The Morgan fingerprint density at radius 2 is 1.70 bits per heavy atom. The fraction of sp³-hybridized carbons (Fsp3) is 0.111. The molecule has 116 valence electrons. The van der Waals surface area contributed by atoms with Crippen LogP contribution in [0.4, 0.5) is 5.69 Å². The number of benzene rings is 2. The zero-order valence-corrected chi connectivity index (χ0v) is 12.5. The lowest BCUT2D eigenvalue weighted by molar-refractivity contribution is 0.0956. The molecule has 1 amide bonds. The van der Waals surface area contributed by atoms with E-state index in [1.54, 1.807) is 6.07 Å². The number of para-hydroxylation sites is 2. The number of carbonyl (C=O) groups excluding carboxylic acids is 1. The highest BCUT2D eigenvalue weighted by atomic mass is 16.2. The maximum absolute atomic E-state index is 12.3. The summed E-state index contributed by atoms with van der Waals surface area (Å²) in [6, 6.07) is 18.4. The van der Waals surface area contributed by atoms with Crippen molar-refractivity contribution in [2.75, 3.05) is 18.4 Å². The highest BCUT2D eigenvalue weighted by Crippen LogP contribution is 2.14. The molecule has 0 fully saturated rings. The van der Waals surface area contributed by atoms with Crippen molar-refractivity contribution in [2.24, 2.45) is 0 Å². The maximum Gasteiger partial charge on any atom is 0.252 e. The van der Waals surface area contributed by atoms with Gasteiger partial charge >= 0.3 is 0 Å². The van der Waals surface area contributed by atoms with E-state index in [0.717, 1.165) is 11.1 Å². The lowest BCUT2D eigenvalue weighted by atomic mass is 10.1. The highest BCUT2D eigenvalue weighted by molar-refractivity contribution is 6.05. The van der Waals surface area contributed by atoms with Crippen LogP contribution in [-0.2, 0) is 0 Å². The van der Waals surface area contributed by atoms with Crippen molar-refractivity contribution in [3.8, 4) is 0 Å². The summed E-state index contributed by atoms with van der Waals surface area (Å²) in [5.41, 5.74) is 1.77. The summed E-state index contributed by atoms with van der Waals surface area (Å²) in [5.74, 6) is -0.248. The van der Waals surface area contributed by atoms with E-state index in [9.17, 15) is 9.59 Å². The lowest BCUT2D eigenvalue weighted by Crippen LogP contribution is -2.29. The Morgan fingerprint density at radius 1 is 0.957 bits per heavy atom. The van der Waals surface area contributed by atoms with Gasteiger partial charge in [0.15, 0.2) is 0 Å². The number of fused-ring (bicyclic) bond motifs is 1. The van der Waals surface area contributed by atoms with E-state index >= 15 is 0 Å². The number of aromatic nitrogens is 1. The van der Waals surface area contributed by atoms with Gasteiger partial charge in [0.1, 0.15) is 0 Å². The molecule has 23 heavy (non-hydrogen) atoms. The minimum atomic E-state index is -0.281. The van der Waals surface area contributed by atoms with Crippen molar-refractivity contribution in [3.63, 3.8) is 0 Å². The molecule has 1 heterocycles. The van der Waals surface area contributed by atoms with Gasteiger partial charge in [0, 0.05) is 35.7 Å². The second-order valence-electron chi connectivity index (χ2n) is 5.14. The standard InChI is InChI=1S/C18H17N3O2/c22-17-12-15(14-8-4-5-9-16(14)21-17)18(23)20-11-10-19-13-6-2-1-3-7-13/h1-9,12,19H,10-11H2,(H,20,23)(H,21,22). The van der Waals surface area contributed by atoms with E-state index in [1.807, 2.05) is 48.5 Å². The zero-order chi connectivity index (χ0) is 16.1. The molecule has 2 aromatic carbocycles. The van der Waals surface area contributed by atoms with E-state index in [4.69, 9.17) is 0 Å². The van der Waals surface area contributed by atoms with E-state index in [-0.39, 0.29) is 11.5 Å². The summed E-state index contributed by atoms with van der Waals surface area (Å²) in [7, 11) is 0. The van der Waals surface area contributed by atoms with Crippen LogP contribution in [0, 0.1) is 0 Å². The highest BCUT2D eigenvalue weighted by Gasteiger charge is 2.10. The van der Waals surface area contributed by atoms with Gasteiger partial charge in [-0.3, -0.25) is 9.59 Å². The van der Waals surface area contributed by atoms with Crippen LogP contribution in [0.1, 0.15) is 10.4 Å². The molecule has 5 heteroatoms. The molecule has 1 aromatic heterocycles. The summed E-state index contributed by atoms with van der Waals surface area (Å²) in [6.07, 6.45) is 0. The van der Waals surface area contributed by atoms with E-state index in [0.29, 0.717) is 24.2 Å². The minimum absolute atomic E-state index is 0.248. The third kappa shape index (κ3) is 3.58. The number of aromatic amines is 1. The first-order chi connectivity index (χ1) is 11.2. The molecular formula is C18H17N3O2. The van der Waals surface area contributed by atoms with Crippen LogP contribution < -0.4 is 16.2 Å². The number of anilines is 1. The van der Waals surface area contributed by atoms with E-state index in [1.165, 1.54) is 6.07 Å². The summed E-state index contributed by atoms with van der Waals surface area (Å²) in [6.45, 7) is 1.08. The van der Waals surface area contributed by atoms with E-state index in [2.05, 4.69) is 15.6 Å². The molecule has 0 aliphatic rings. The van der Waals surface area contributed by atoms with Crippen LogP contribution in [0.5, 0.6) is 0 Å². The topological polar surface area (TPSA) is 74.0 Å². The number of nitrogens with one attached hydrogen (secondary N) is 3. The smallest absolute Gasteiger partial charge is 0.252 e. The Hall–Kier alpha value is -3.08. The number of amides is 1. The number of hydrogen-bond donors (Lipinski definition) is 3. The molecule has 0 bridgehead atoms. The van der Waals surface area contributed by atoms with Crippen LogP contribution in [-0.4, -0.2) is 24.0 Å². The fourth-order valence-electron chi connectivity index (χ4n) is 2.43. The summed E-state index contributed by atoms with van der Waals surface area (Å²) < 4.78 is 0. The van der Waals surface area contributed by atoms with Crippen molar-refractivity contribution in [3.05, 3.63) is 76.6 Å². The molecule has 0 saturated heterocycles. The molecule has 0 spiro atoms. The minimum Gasteiger partial charge on any atom is -0.383 e. The number of pyridine rings is 1. The summed E-state index contributed by atoms with van der Waals surface area (Å²) in [5, 5.41) is 6.79. The first kappa shape index (κ1) is 14.8. The summed E-state index contributed by atoms with van der Waals surface area (Å²) in [4.78, 5) is 26.7. The van der Waals surface area contributed by atoms with Crippen LogP contribution in [0.2, 0.25) is 0 Å². The van der Waals surface area contributed by atoms with Gasteiger partial charge in [-0.2, -0.15) is 0 Å². The molecule has 0 aliphatic carbocycles. The Bertz CT molecular complexity index is 872. The van der Waals surface area contributed by atoms with Gasteiger partial charge in [-0.05, 0) is 18.2 Å². The predicted molar refractivity (Wildman–Crippen MR) is 91.8 cm³/mol. The van der Waals surface area contributed by atoms with Crippen molar-refractivity contribution in [2.45, 2.75) is 0 Å². The van der Waals surface area contributed by atoms with Gasteiger partial charge in [-0.25, -0.2) is 0 Å². The third-order valence-corrected chi connectivity index (χ3v) is 3.51. The van der Waals surface area contributed by atoms with Gasteiger partial charge in [0.25, 0.3) is 5.91 Å². The lowest BCUT2D eigenvalue weighted by Gasteiger charge is -2.09. The molecule has 0 unspecified atom stereocenters. The molecule has 5 nitrogen and oxygen atoms in total. The van der Waals surface area contributed by atoms with Gasteiger partial charge < -0.3 is 15.6 Å². The molecule has 3 rings (SSSR count). The predicted octanol–water partition coefficient (Wildman–Crippen LogP) is 2.37. The van der Waals surface area contributed by atoms with Gasteiger partial charge in [-0.1, -0.05) is 36.4 Å². The quantitative estimate of drug-likeness (QED) is 0.634. The first-order valence-electron chi connectivity index (χ1n) is 7.43. The number of hydrogen-bond acceptors (Lipinski definition) is 3. The SMILES string of the molecule is O=C(NCCNc1ccccc1)c1cc(=O)[nH]c2ccccc12. The molecule has 0 saturated carbocycles. The molecule has 0 aliphatic heterocycles. The molecular weight excluding hydrogens is 290 g/mol. The maximum atomic E-state index is 12.3. The van der Waals surface area contributed by atoms with Crippen LogP contribution >= 0.6 is 0 Å². The van der Waals surface area contributed by atoms with Crippen molar-refractivity contribution in [1.82, 2.24) is 10.3 Å². The Labute approximate surface area is 133 Å². The second kappa shape index (κ2) is 6.79. The number of carbonyl (C=O) groups is 1. The van der Waals surface area contributed by atoms with E-state index < -0.39 is 0 Å². The number of H-pyrrole nitrogens is 1. The van der Waals surface area contributed by atoms with Gasteiger partial charge in [0.05, 0.1) is 5.56 Å². The average Bonchev–Trinajstić information content (AvgIpc) is 2.58. The van der Waals surface area contributed by atoms with Gasteiger partial charge in [-0.15, -0.1) is 0 Å². The second-order valence-corrected chi connectivity index (χ2v) is 5.14. The summed E-state index contributed by atoms with van der Waals surface area (Å²) >= 11 is 0.